The second kappa shape index (κ2) is 5.45. The summed E-state index contributed by atoms with van der Waals surface area (Å²) in [5.74, 6) is -0.399. The quantitative estimate of drug-likeness (QED) is 0.880. The van der Waals surface area contributed by atoms with Crippen molar-refractivity contribution in [1.82, 2.24) is 0 Å². The molecule has 0 aliphatic heterocycles. The number of carbonyl (C=O) groups excluding carboxylic acids is 1. The van der Waals surface area contributed by atoms with E-state index < -0.39 is 0 Å². The van der Waals surface area contributed by atoms with Crippen molar-refractivity contribution in [2.75, 3.05) is 5.32 Å². The maximum Gasteiger partial charge on any atom is 0.228 e. The Bertz CT molecular complexity index is 552. The van der Waals surface area contributed by atoms with Gasteiger partial charge in [0.1, 0.15) is 5.82 Å². The Kier molecular flexibility index (Phi) is 3.72. The third-order valence-corrected chi connectivity index (χ3v) is 2.67. The lowest BCUT2D eigenvalue weighted by Gasteiger charge is -2.08. The normalized spacial score (nSPS) is 10.1. The number of hydrogen-bond acceptors (Lipinski definition) is 1. The molecule has 0 unspecified atom stereocenters. The highest BCUT2D eigenvalue weighted by molar-refractivity contribution is 5.92. The van der Waals surface area contributed by atoms with Gasteiger partial charge in [-0.2, -0.15) is 0 Å². The van der Waals surface area contributed by atoms with Crippen LogP contribution in [-0.4, -0.2) is 5.91 Å². The van der Waals surface area contributed by atoms with Gasteiger partial charge in [0.05, 0.1) is 6.42 Å². The molecular weight excluding hydrogens is 229 g/mol. The monoisotopic (exact) mass is 243 g/mol. The second-order valence-corrected chi connectivity index (χ2v) is 4.17. The summed E-state index contributed by atoms with van der Waals surface area (Å²) in [5.41, 5.74) is 2.32. The summed E-state index contributed by atoms with van der Waals surface area (Å²) in [4.78, 5) is 11.8. The maximum atomic E-state index is 12.9. The van der Waals surface area contributed by atoms with Crippen LogP contribution in [0.25, 0.3) is 0 Å². The van der Waals surface area contributed by atoms with Crippen molar-refractivity contribution in [1.29, 1.82) is 0 Å². The third-order valence-electron chi connectivity index (χ3n) is 2.67. The zero-order valence-electron chi connectivity index (χ0n) is 10.1. The van der Waals surface area contributed by atoms with Gasteiger partial charge in [0, 0.05) is 5.69 Å². The Morgan fingerprint density at radius 1 is 1.17 bits per heavy atom. The van der Waals surface area contributed by atoms with Crippen molar-refractivity contribution in [2.45, 2.75) is 13.3 Å². The molecule has 0 radical (unpaired) electrons. The molecule has 0 spiro atoms. The molecule has 1 N–H and O–H groups in total. The van der Waals surface area contributed by atoms with E-state index in [1.807, 2.05) is 30.3 Å². The molecule has 0 aliphatic rings. The number of anilines is 1. The molecule has 0 fully saturated rings. The molecule has 2 nitrogen and oxygen atoms in total. The van der Waals surface area contributed by atoms with Crippen LogP contribution in [0, 0.1) is 12.7 Å². The number of aryl methyl sites for hydroxylation is 1. The van der Waals surface area contributed by atoms with Crippen LogP contribution in [0.3, 0.4) is 0 Å². The molecule has 2 aromatic rings. The fraction of sp³-hybridized carbons (Fsp3) is 0.133. The van der Waals surface area contributed by atoms with Gasteiger partial charge in [0.15, 0.2) is 0 Å². The second-order valence-electron chi connectivity index (χ2n) is 4.17. The maximum absolute atomic E-state index is 12.9. The molecule has 0 bridgehead atoms. The first-order valence-corrected chi connectivity index (χ1v) is 5.75. The molecule has 0 saturated heterocycles. The standard InChI is InChI=1S/C15H14FNO/c1-11-9-13(16)7-8-14(11)17-15(18)10-12-5-3-2-4-6-12/h2-9H,10H2,1H3,(H,17,18). The molecule has 92 valence electrons. The first kappa shape index (κ1) is 12.3. The van der Waals surface area contributed by atoms with Gasteiger partial charge in [-0.3, -0.25) is 4.79 Å². The smallest absolute Gasteiger partial charge is 0.228 e. The summed E-state index contributed by atoms with van der Waals surface area (Å²) >= 11 is 0. The minimum absolute atomic E-state index is 0.101. The first-order chi connectivity index (χ1) is 8.65. The van der Waals surface area contributed by atoms with Crippen molar-refractivity contribution in [3.63, 3.8) is 0 Å². The van der Waals surface area contributed by atoms with E-state index in [0.717, 1.165) is 11.1 Å². The van der Waals surface area contributed by atoms with Crippen molar-refractivity contribution >= 4 is 11.6 Å². The van der Waals surface area contributed by atoms with Crippen LogP contribution in [-0.2, 0) is 11.2 Å². The lowest BCUT2D eigenvalue weighted by atomic mass is 10.1. The van der Waals surface area contributed by atoms with Crippen LogP contribution in [0.5, 0.6) is 0 Å². The zero-order valence-corrected chi connectivity index (χ0v) is 10.1. The SMILES string of the molecule is Cc1cc(F)ccc1NC(=O)Cc1ccccc1. The molecule has 0 aromatic heterocycles. The van der Waals surface area contributed by atoms with Gasteiger partial charge < -0.3 is 5.32 Å². The van der Waals surface area contributed by atoms with Crippen LogP contribution >= 0.6 is 0 Å². The summed E-state index contributed by atoms with van der Waals surface area (Å²) in [5, 5.41) is 2.78. The van der Waals surface area contributed by atoms with E-state index in [0.29, 0.717) is 12.1 Å². The molecule has 1 amide bonds. The molecule has 0 atom stereocenters. The Morgan fingerprint density at radius 3 is 2.56 bits per heavy atom. The van der Waals surface area contributed by atoms with Crippen LogP contribution in [0.1, 0.15) is 11.1 Å². The fourth-order valence-electron chi connectivity index (χ4n) is 1.74. The average molecular weight is 243 g/mol. The molecule has 0 aliphatic carbocycles. The van der Waals surface area contributed by atoms with E-state index in [1.54, 1.807) is 13.0 Å². The summed E-state index contributed by atoms with van der Waals surface area (Å²) in [6.45, 7) is 1.77. The molecular formula is C15H14FNO. The molecule has 0 heterocycles. The van der Waals surface area contributed by atoms with Gasteiger partial charge in [-0.15, -0.1) is 0 Å². The Balaban J connectivity index is 2.03. The Labute approximate surface area is 105 Å². The molecule has 3 heteroatoms. The number of rotatable bonds is 3. The summed E-state index contributed by atoms with van der Waals surface area (Å²) in [6, 6.07) is 13.8. The topological polar surface area (TPSA) is 29.1 Å². The van der Waals surface area contributed by atoms with E-state index in [4.69, 9.17) is 0 Å². The number of carbonyl (C=O) groups is 1. The van der Waals surface area contributed by atoms with Gasteiger partial charge in [-0.25, -0.2) is 4.39 Å². The highest BCUT2D eigenvalue weighted by Gasteiger charge is 2.06. The third kappa shape index (κ3) is 3.17. The predicted molar refractivity (Wildman–Crippen MR) is 69.9 cm³/mol. The van der Waals surface area contributed by atoms with Crippen LogP contribution in [0.4, 0.5) is 10.1 Å². The number of benzene rings is 2. The van der Waals surface area contributed by atoms with E-state index in [1.165, 1.54) is 12.1 Å². The molecule has 18 heavy (non-hydrogen) atoms. The average Bonchev–Trinajstić information content (AvgIpc) is 2.34. The van der Waals surface area contributed by atoms with Crippen molar-refractivity contribution in [3.05, 3.63) is 65.5 Å². The van der Waals surface area contributed by atoms with Crippen LogP contribution in [0.2, 0.25) is 0 Å². The summed E-state index contributed by atoms with van der Waals surface area (Å²) in [6.07, 6.45) is 0.317. The number of amides is 1. The van der Waals surface area contributed by atoms with Crippen LogP contribution in [0.15, 0.2) is 48.5 Å². The minimum atomic E-state index is -0.298. The van der Waals surface area contributed by atoms with E-state index in [9.17, 15) is 9.18 Å². The molecule has 0 saturated carbocycles. The van der Waals surface area contributed by atoms with Gasteiger partial charge in [0.25, 0.3) is 0 Å². The Hall–Kier alpha value is -2.16. The van der Waals surface area contributed by atoms with Gasteiger partial charge in [0.2, 0.25) is 5.91 Å². The lowest BCUT2D eigenvalue weighted by Crippen LogP contribution is -2.15. The van der Waals surface area contributed by atoms with Crippen molar-refractivity contribution in [2.24, 2.45) is 0 Å². The van der Waals surface area contributed by atoms with Gasteiger partial charge in [-0.1, -0.05) is 30.3 Å². The van der Waals surface area contributed by atoms with Gasteiger partial charge in [-0.05, 0) is 36.2 Å². The molecule has 2 rings (SSSR count). The summed E-state index contributed by atoms with van der Waals surface area (Å²) < 4.78 is 12.9. The van der Waals surface area contributed by atoms with Crippen molar-refractivity contribution in [3.8, 4) is 0 Å². The largest absolute Gasteiger partial charge is 0.326 e. The highest BCUT2D eigenvalue weighted by atomic mass is 19.1. The van der Waals surface area contributed by atoms with Crippen molar-refractivity contribution < 1.29 is 9.18 Å². The minimum Gasteiger partial charge on any atom is -0.326 e. The zero-order chi connectivity index (χ0) is 13.0. The van der Waals surface area contributed by atoms with E-state index >= 15 is 0 Å². The number of halogens is 1. The van der Waals surface area contributed by atoms with Crippen LogP contribution < -0.4 is 5.32 Å². The van der Waals surface area contributed by atoms with E-state index in [2.05, 4.69) is 5.32 Å². The summed E-state index contributed by atoms with van der Waals surface area (Å²) in [7, 11) is 0. The lowest BCUT2D eigenvalue weighted by molar-refractivity contribution is -0.115. The number of nitrogens with one attached hydrogen (secondary N) is 1. The van der Waals surface area contributed by atoms with Gasteiger partial charge >= 0.3 is 0 Å². The first-order valence-electron chi connectivity index (χ1n) is 5.75. The van der Waals surface area contributed by atoms with E-state index in [-0.39, 0.29) is 11.7 Å². The number of hydrogen-bond donors (Lipinski definition) is 1. The predicted octanol–water partition coefficient (Wildman–Crippen LogP) is 3.32. The highest BCUT2D eigenvalue weighted by Crippen LogP contribution is 2.16. The Morgan fingerprint density at radius 2 is 1.89 bits per heavy atom. The molecule has 2 aromatic carbocycles. The fourth-order valence-corrected chi connectivity index (χ4v) is 1.74.